The number of anilines is 1. The first-order valence-electron chi connectivity index (χ1n) is 8.42. The van der Waals surface area contributed by atoms with E-state index in [2.05, 4.69) is 10.6 Å². The summed E-state index contributed by atoms with van der Waals surface area (Å²) in [5.41, 5.74) is 0.680. The number of rotatable bonds is 7. The number of ether oxygens (including phenoxy) is 1. The molecule has 0 bridgehead atoms. The largest absolute Gasteiger partial charge is 0.456 e. The van der Waals surface area contributed by atoms with E-state index in [1.54, 1.807) is 26.0 Å². The predicted molar refractivity (Wildman–Crippen MR) is 94.3 cm³/mol. The van der Waals surface area contributed by atoms with Gasteiger partial charge in [0.1, 0.15) is 5.54 Å². The fraction of sp³-hybridized carbons (Fsp3) is 0.444. The fourth-order valence-corrected chi connectivity index (χ4v) is 2.58. The van der Waals surface area contributed by atoms with Crippen LogP contribution in [0.1, 0.15) is 32.8 Å². The second-order valence-electron chi connectivity index (χ2n) is 6.48. The molecular weight excluding hydrogens is 338 g/mol. The molecule has 0 spiro atoms. The van der Waals surface area contributed by atoms with E-state index < -0.39 is 36.0 Å². The molecule has 0 aliphatic carbocycles. The van der Waals surface area contributed by atoms with Crippen molar-refractivity contribution in [2.24, 2.45) is 0 Å². The van der Waals surface area contributed by atoms with Crippen LogP contribution in [-0.4, -0.2) is 47.4 Å². The molecule has 140 valence electrons. The molecule has 8 nitrogen and oxygen atoms in total. The first-order valence-corrected chi connectivity index (χ1v) is 8.42. The average Bonchev–Trinajstić information content (AvgIpc) is 2.79. The molecule has 1 fully saturated rings. The van der Waals surface area contributed by atoms with Gasteiger partial charge in [-0.25, -0.2) is 4.79 Å². The van der Waals surface area contributed by atoms with Gasteiger partial charge in [-0.2, -0.15) is 0 Å². The molecule has 1 heterocycles. The Labute approximate surface area is 151 Å². The van der Waals surface area contributed by atoms with Crippen LogP contribution in [0.2, 0.25) is 0 Å². The first-order chi connectivity index (χ1) is 12.2. The minimum atomic E-state index is -0.979. The Bertz CT molecular complexity index is 729. The molecule has 0 saturated carbocycles. The molecule has 1 aromatic rings. The van der Waals surface area contributed by atoms with Crippen LogP contribution in [-0.2, 0) is 25.5 Å². The van der Waals surface area contributed by atoms with Crippen molar-refractivity contribution < 1.29 is 23.9 Å². The van der Waals surface area contributed by atoms with Gasteiger partial charge in [0.05, 0.1) is 6.42 Å². The summed E-state index contributed by atoms with van der Waals surface area (Å²) < 4.78 is 4.91. The fourth-order valence-electron chi connectivity index (χ4n) is 2.58. The molecule has 26 heavy (non-hydrogen) atoms. The first kappa shape index (κ1) is 19.4. The van der Waals surface area contributed by atoms with Gasteiger partial charge in [0.2, 0.25) is 0 Å². The van der Waals surface area contributed by atoms with E-state index in [1.807, 2.05) is 19.1 Å². The Balaban J connectivity index is 1.77. The maximum atomic E-state index is 12.0. The number of nitrogens with one attached hydrogen (secondary N) is 2. The van der Waals surface area contributed by atoms with Crippen molar-refractivity contribution in [3.8, 4) is 0 Å². The summed E-state index contributed by atoms with van der Waals surface area (Å²) in [6.45, 7) is 4.63. The van der Waals surface area contributed by atoms with E-state index in [4.69, 9.17) is 4.74 Å². The normalized spacial score (nSPS) is 15.6. The number of amides is 4. The molecule has 0 aromatic heterocycles. The summed E-state index contributed by atoms with van der Waals surface area (Å²) >= 11 is 0. The van der Waals surface area contributed by atoms with Crippen LogP contribution in [0.25, 0.3) is 0 Å². The summed E-state index contributed by atoms with van der Waals surface area (Å²) in [6, 6.07) is 6.83. The van der Waals surface area contributed by atoms with E-state index in [1.165, 1.54) is 0 Å². The summed E-state index contributed by atoms with van der Waals surface area (Å²) in [7, 11) is 0. The number of para-hydroxylation sites is 1. The van der Waals surface area contributed by atoms with Crippen molar-refractivity contribution >= 4 is 29.5 Å². The maximum Gasteiger partial charge on any atom is 0.325 e. The topological polar surface area (TPSA) is 105 Å². The van der Waals surface area contributed by atoms with E-state index in [0.29, 0.717) is 5.69 Å². The molecule has 8 heteroatoms. The van der Waals surface area contributed by atoms with Crippen molar-refractivity contribution in [3.63, 3.8) is 0 Å². The third-order valence-electron chi connectivity index (χ3n) is 4.02. The Morgan fingerprint density at radius 3 is 2.54 bits per heavy atom. The molecule has 1 aromatic carbocycles. The molecule has 2 N–H and O–H groups in total. The van der Waals surface area contributed by atoms with Gasteiger partial charge in [0.25, 0.3) is 11.8 Å². The molecule has 1 aliphatic rings. The molecule has 0 radical (unpaired) electrons. The van der Waals surface area contributed by atoms with E-state index in [9.17, 15) is 19.2 Å². The molecule has 1 saturated heterocycles. The minimum absolute atomic E-state index is 0.0901. The molecule has 1 aliphatic heterocycles. The second-order valence-corrected chi connectivity index (χ2v) is 6.48. The summed E-state index contributed by atoms with van der Waals surface area (Å²) in [6.07, 6.45) is 0.590. The number of hydrogen-bond donors (Lipinski definition) is 2. The molecular formula is C18H23N3O5. The van der Waals surface area contributed by atoms with Crippen molar-refractivity contribution in [1.82, 2.24) is 10.2 Å². The summed E-state index contributed by atoms with van der Waals surface area (Å²) in [5, 5.41) is 5.22. The monoisotopic (exact) mass is 361 g/mol. The smallest absolute Gasteiger partial charge is 0.325 e. The third-order valence-corrected chi connectivity index (χ3v) is 4.02. The number of aryl methyl sites for hydroxylation is 1. The second kappa shape index (κ2) is 7.99. The Morgan fingerprint density at radius 2 is 1.92 bits per heavy atom. The van der Waals surface area contributed by atoms with Gasteiger partial charge in [-0.15, -0.1) is 0 Å². The lowest BCUT2D eigenvalue weighted by molar-refractivity contribution is -0.147. The Morgan fingerprint density at radius 1 is 1.23 bits per heavy atom. The van der Waals surface area contributed by atoms with Crippen molar-refractivity contribution in [2.45, 2.75) is 39.2 Å². The van der Waals surface area contributed by atoms with Crippen LogP contribution in [0.5, 0.6) is 0 Å². The number of urea groups is 1. The number of nitrogens with zero attached hydrogens (tertiary/aromatic N) is 1. The van der Waals surface area contributed by atoms with Crippen molar-refractivity contribution in [3.05, 3.63) is 29.8 Å². The minimum Gasteiger partial charge on any atom is -0.456 e. The Kier molecular flexibility index (Phi) is 5.97. The summed E-state index contributed by atoms with van der Waals surface area (Å²) in [4.78, 5) is 48.4. The zero-order valence-electron chi connectivity index (χ0n) is 15.1. The Hall–Kier alpha value is -2.90. The number of carbonyl (C=O) groups excluding carboxylic acids is 4. The van der Waals surface area contributed by atoms with Crippen molar-refractivity contribution in [2.75, 3.05) is 18.5 Å². The van der Waals surface area contributed by atoms with E-state index in [0.717, 1.165) is 16.9 Å². The lowest BCUT2D eigenvalue weighted by Crippen LogP contribution is -2.40. The average molecular weight is 361 g/mol. The zero-order chi connectivity index (χ0) is 19.3. The molecule has 4 amide bonds. The highest BCUT2D eigenvalue weighted by Gasteiger charge is 2.44. The van der Waals surface area contributed by atoms with Crippen LogP contribution >= 0.6 is 0 Å². The van der Waals surface area contributed by atoms with Gasteiger partial charge >= 0.3 is 12.0 Å². The number of benzene rings is 1. The zero-order valence-corrected chi connectivity index (χ0v) is 15.1. The van der Waals surface area contributed by atoms with Gasteiger partial charge in [-0.1, -0.05) is 25.1 Å². The number of hydrogen-bond acceptors (Lipinski definition) is 5. The van der Waals surface area contributed by atoms with Gasteiger partial charge in [0, 0.05) is 12.2 Å². The van der Waals surface area contributed by atoms with Crippen LogP contribution < -0.4 is 10.6 Å². The number of imide groups is 1. The highest BCUT2D eigenvalue weighted by Crippen LogP contribution is 2.17. The van der Waals surface area contributed by atoms with Crippen LogP contribution in [0, 0.1) is 0 Å². The van der Waals surface area contributed by atoms with E-state index >= 15 is 0 Å². The third kappa shape index (κ3) is 4.59. The summed E-state index contributed by atoms with van der Waals surface area (Å²) in [5.74, 6) is -1.51. The highest BCUT2D eigenvalue weighted by atomic mass is 16.5. The maximum absolute atomic E-state index is 12.0. The van der Waals surface area contributed by atoms with E-state index in [-0.39, 0.29) is 13.0 Å². The number of esters is 1. The van der Waals surface area contributed by atoms with Gasteiger partial charge in [-0.3, -0.25) is 19.3 Å². The molecule has 0 atom stereocenters. The van der Waals surface area contributed by atoms with Gasteiger partial charge in [-0.05, 0) is 31.9 Å². The van der Waals surface area contributed by atoms with Gasteiger partial charge in [0.15, 0.2) is 6.61 Å². The SMILES string of the molecule is CCc1ccccc1NC(=O)COC(=O)CCN1C(=O)NC(C)(C)C1=O. The lowest BCUT2D eigenvalue weighted by atomic mass is 10.1. The van der Waals surface area contributed by atoms with Crippen LogP contribution in [0.3, 0.4) is 0 Å². The lowest BCUT2D eigenvalue weighted by Gasteiger charge is -2.15. The molecule has 0 unspecified atom stereocenters. The quantitative estimate of drug-likeness (QED) is 0.565. The highest BCUT2D eigenvalue weighted by molar-refractivity contribution is 6.06. The van der Waals surface area contributed by atoms with Gasteiger partial charge < -0.3 is 15.4 Å². The van der Waals surface area contributed by atoms with Crippen molar-refractivity contribution in [1.29, 1.82) is 0 Å². The van der Waals surface area contributed by atoms with Crippen LogP contribution in [0.4, 0.5) is 10.5 Å². The standard InChI is InChI=1S/C18H23N3O5/c1-4-12-7-5-6-8-13(12)19-14(22)11-26-15(23)9-10-21-16(24)18(2,3)20-17(21)25/h5-8H,4,9-11H2,1-3H3,(H,19,22)(H,20,25). The van der Waals surface area contributed by atoms with Crippen LogP contribution in [0.15, 0.2) is 24.3 Å². The predicted octanol–water partition coefficient (Wildman–Crippen LogP) is 1.45. The molecule has 2 rings (SSSR count). The number of carbonyl (C=O) groups is 4.